The predicted octanol–water partition coefficient (Wildman–Crippen LogP) is 2.72. The van der Waals surface area contributed by atoms with Crippen molar-refractivity contribution in [3.8, 4) is 0 Å². The van der Waals surface area contributed by atoms with E-state index in [0.717, 1.165) is 9.52 Å². The average molecular weight is 409 g/mol. The molecule has 0 nitrogen and oxygen atoms in total. The summed E-state index contributed by atoms with van der Waals surface area (Å²) in [6, 6.07) is 32.9. The maximum absolute atomic E-state index is 2.29. The van der Waals surface area contributed by atoms with Gasteiger partial charge in [0.1, 0.15) is 0 Å². The van der Waals surface area contributed by atoms with E-state index in [0.29, 0.717) is 0 Å². The SMILES string of the molecule is C[SiH]C.c1cc[c]([Sn]([c]2ccccc2)[c]2ccccc2)cc1. The van der Waals surface area contributed by atoms with Gasteiger partial charge >= 0.3 is 121 Å². The summed E-state index contributed by atoms with van der Waals surface area (Å²) in [5.74, 6) is 0. The molecule has 2 radical (unpaired) electrons. The summed E-state index contributed by atoms with van der Waals surface area (Å²) in [6.45, 7) is 4.42. The number of hydrogen-bond acceptors (Lipinski definition) is 0. The summed E-state index contributed by atoms with van der Waals surface area (Å²) >= 11 is -1.98. The fraction of sp³-hybridized carbons (Fsp3) is 0.100. The van der Waals surface area contributed by atoms with Crippen LogP contribution in [0.2, 0.25) is 13.1 Å². The monoisotopic (exact) mass is 410 g/mol. The first-order valence-corrected chi connectivity index (χ1v) is 14.2. The Morgan fingerprint density at radius 1 is 0.500 bits per heavy atom. The van der Waals surface area contributed by atoms with Gasteiger partial charge in [-0.05, 0) is 0 Å². The first-order valence-electron chi connectivity index (χ1n) is 7.64. The van der Waals surface area contributed by atoms with Crippen molar-refractivity contribution in [3.63, 3.8) is 0 Å². The minimum atomic E-state index is -1.98. The number of hydrogen-bond donors (Lipinski definition) is 0. The third kappa shape index (κ3) is 4.85. The topological polar surface area (TPSA) is 0 Å². The molecule has 0 fully saturated rings. The quantitative estimate of drug-likeness (QED) is 0.584. The summed E-state index contributed by atoms with van der Waals surface area (Å²) in [5, 5.41) is 0. The van der Waals surface area contributed by atoms with E-state index in [1.807, 2.05) is 0 Å². The van der Waals surface area contributed by atoms with Crippen LogP contribution < -0.4 is 10.7 Å². The van der Waals surface area contributed by atoms with Crippen molar-refractivity contribution in [1.82, 2.24) is 0 Å². The molecule has 0 N–H and O–H groups in total. The minimum absolute atomic E-state index is 0.750. The van der Waals surface area contributed by atoms with Crippen LogP contribution in [0.15, 0.2) is 91.0 Å². The number of benzene rings is 3. The van der Waals surface area contributed by atoms with E-state index in [1.54, 1.807) is 0 Å². The van der Waals surface area contributed by atoms with Crippen molar-refractivity contribution in [3.05, 3.63) is 91.0 Å². The van der Waals surface area contributed by atoms with Gasteiger partial charge in [-0.3, -0.25) is 0 Å². The Bertz CT molecular complexity index is 544. The first-order chi connectivity index (χ1) is 10.9. The zero-order valence-corrected chi connectivity index (χ0v) is 17.2. The molecule has 3 aromatic rings. The Kier molecular flexibility index (Phi) is 7.47. The van der Waals surface area contributed by atoms with Gasteiger partial charge in [0.05, 0.1) is 0 Å². The van der Waals surface area contributed by atoms with Crippen LogP contribution in [-0.4, -0.2) is 29.3 Å². The molecule has 0 spiro atoms. The van der Waals surface area contributed by atoms with Gasteiger partial charge in [-0.2, -0.15) is 0 Å². The van der Waals surface area contributed by atoms with E-state index in [9.17, 15) is 0 Å². The summed E-state index contributed by atoms with van der Waals surface area (Å²) < 4.78 is 4.59. The molecule has 2 heteroatoms. The third-order valence-electron chi connectivity index (χ3n) is 3.19. The van der Waals surface area contributed by atoms with Crippen LogP contribution in [0.1, 0.15) is 0 Å². The van der Waals surface area contributed by atoms with Crippen LogP contribution >= 0.6 is 0 Å². The Hall–Kier alpha value is -1.32. The van der Waals surface area contributed by atoms with E-state index in [1.165, 1.54) is 10.7 Å². The standard InChI is InChI=1S/3C6H5.C2H7Si.Sn/c3*1-2-4-6-5-3-1;1-3-2;/h3*1-5H;3H,1-2H3;. The number of rotatable bonds is 3. The fourth-order valence-electron chi connectivity index (χ4n) is 2.31. The van der Waals surface area contributed by atoms with Crippen molar-refractivity contribution in [1.29, 1.82) is 0 Å². The zero-order chi connectivity index (χ0) is 15.6. The summed E-state index contributed by atoms with van der Waals surface area (Å²) in [7, 11) is 0.750. The van der Waals surface area contributed by atoms with Gasteiger partial charge in [0.15, 0.2) is 0 Å². The van der Waals surface area contributed by atoms with Gasteiger partial charge in [0, 0.05) is 9.52 Å². The molecular formula is C20H22SiSn. The molecule has 3 rings (SSSR count). The summed E-state index contributed by atoms with van der Waals surface area (Å²) in [5.41, 5.74) is 0. The Labute approximate surface area is 143 Å². The van der Waals surface area contributed by atoms with Crippen molar-refractivity contribution in [2.75, 3.05) is 0 Å². The fourth-order valence-corrected chi connectivity index (χ4v) is 9.67. The second kappa shape index (κ2) is 9.64. The third-order valence-corrected chi connectivity index (χ3v) is 11.0. The Balaban J connectivity index is 0.000000545. The molecule has 0 bridgehead atoms. The molecule has 0 unspecified atom stereocenters. The second-order valence-corrected chi connectivity index (χ2v) is 13.3. The Morgan fingerprint density at radius 3 is 0.955 bits per heavy atom. The zero-order valence-electron chi connectivity index (χ0n) is 13.2. The maximum atomic E-state index is 2.29. The molecule has 0 heterocycles. The van der Waals surface area contributed by atoms with Gasteiger partial charge in [-0.1, -0.05) is 13.1 Å². The van der Waals surface area contributed by atoms with Crippen LogP contribution in [0.3, 0.4) is 0 Å². The second-order valence-electron chi connectivity index (χ2n) is 5.05. The Morgan fingerprint density at radius 2 is 0.727 bits per heavy atom. The van der Waals surface area contributed by atoms with E-state index < -0.39 is 19.8 Å². The van der Waals surface area contributed by atoms with E-state index >= 15 is 0 Å². The van der Waals surface area contributed by atoms with E-state index in [2.05, 4.69) is 104 Å². The summed E-state index contributed by atoms with van der Waals surface area (Å²) in [6.07, 6.45) is 0. The molecule has 110 valence electrons. The molecule has 0 aliphatic carbocycles. The van der Waals surface area contributed by atoms with Crippen LogP contribution in [-0.2, 0) is 0 Å². The van der Waals surface area contributed by atoms with Crippen LogP contribution in [0, 0.1) is 0 Å². The van der Waals surface area contributed by atoms with Gasteiger partial charge in [0.2, 0.25) is 0 Å². The summed E-state index contributed by atoms with van der Waals surface area (Å²) in [4.78, 5) is 0. The van der Waals surface area contributed by atoms with Crippen molar-refractivity contribution < 1.29 is 0 Å². The van der Waals surface area contributed by atoms with Crippen molar-refractivity contribution in [2.45, 2.75) is 13.1 Å². The van der Waals surface area contributed by atoms with E-state index in [4.69, 9.17) is 0 Å². The van der Waals surface area contributed by atoms with E-state index in [-0.39, 0.29) is 0 Å². The molecule has 0 aromatic heterocycles. The van der Waals surface area contributed by atoms with Gasteiger partial charge < -0.3 is 0 Å². The molecule has 0 saturated heterocycles. The van der Waals surface area contributed by atoms with Gasteiger partial charge in [-0.15, -0.1) is 0 Å². The van der Waals surface area contributed by atoms with Gasteiger partial charge in [-0.25, -0.2) is 0 Å². The molecule has 0 saturated carbocycles. The average Bonchev–Trinajstić information content (AvgIpc) is 2.59. The first kappa shape index (κ1) is 17.0. The van der Waals surface area contributed by atoms with Crippen LogP contribution in [0.5, 0.6) is 0 Å². The van der Waals surface area contributed by atoms with Crippen molar-refractivity contribution in [2.24, 2.45) is 0 Å². The van der Waals surface area contributed by atoms with Gasteiger partial charge in [0.25, 0.3) is 0 Å². The molecule has 0 amide bonds. The predicted molar refractivity (Wildman–Crippen MR) is 103 cm³/mol. The molecule has 3 aromatic carbocycles. The molecule has 0 aliphatic rings. The molecule has 0 atom stereocenters. The molecular weight excluding hydrogens is 387 g/mol. The van der Waals surface area contributed by atoms with Crippen molar-refractivity contribution >= 4 is 40.0 Å². The normalized spacial score (nSPS) is 9.95. The van der Waals surface area contributed by atoms with Crippen LogP contribution in [0.4, 0.5) is 0 Å². The van der Waals surface area contributed by atoms with Crippen LogP contribution in [0.25, 0.3) is 0 Å². The molecule has 0 aliphatic heterocycles. The molecule has 22 heavy (non-hydrogen) atoms.